The van der Waals surface area contributed by atoms with Gasteiger partial charge in [0.05, 0.1) is 27.0 Å². The second-order valence-electron chi connectivity index (χ2n) is 7.43. The first-order chi connectivity index (χ1) is 12.8. The van der Waals surface area contributed by atoms with Crippen LogP contribution in [0.5, 0.6) is 11.5 Å². The summed E-state index contributed by atoms with van der Waals surface area (Å²) in [6.45, 7) is 4.89. The van der Waals surface area contributed by atoms with Crippen LogP contribution in [0, 0.1) is 5.92 Å². The predicted octanol–water partition coefficient (Wildman–Crippen LogP) is 1.48. The Morgan fingerprint density at radius 2 is 1.89 bits per heavy atom. The van der Waals surface area contributed by atoms with Crippen LogP contribution >= 0.6 is 0 Å². The maximum Gasteiger partial charge on any atom is 0.325 e. The fourth-order valence-corrected chi connectivity index (χ4v) is 3.79. The number of ether oxygens (including phenoxy) is 2. The number of rotatable bonds is 6. The molecule has 2 N–H and O–H groups in total. The predicted molar refractivity (Wildman–Crippen MR) is 98.4 cm³/mol. The molecule has 2 aliphatic rings. The largest absolute Gasteiger partial charge is 0.496 e. The van der Waals surface area contributed by atoms with Crippen LogP contribution in [0.25, 0.3) is 0 Å². The molecule has 0 saturated carbocycles. The number of nitrogens with one attached hydrogen (secondary N) is 1. The Bertz CT molecular complexity index is 736. The van der Waals surface area contributed by atoms with Crippen LogP contribution in [0.1, 0.15) is 37.5 Å². The summed E-state index contributed by atoms with van der Waals surface area (Å²) in [5.74, 6) is 1.33. The smallest absolute Gasteiger partial charge is 0.325 e. The second kappa shape index (κ2) is 7.74. The van der Waals surface area contributed by atoms with E-state index in [-0.39, 0.29) is 18.6 Å². The average Bonchev–Trinajstić information content (AvgIpc) is 2.87. The first-order valence-electron chi connectivity index (χ1n) is 9.11. The van der Waals surface area contributed by atoms with E-state index in [2.05, 4.69) is 5.32 Å². The minimum atomic E-state index is -0.800. The lowest BCUT2D eigenvalue weighted by atomic mass is 9.95. The van der Waals surface area contributed by atoms with Crippen molar-refractivity contribution in [2.45, 2.75) is 39.0 Å². The van der Waals surface area contributed by atoms with E-state index >= 15 is 0 Å². The molecule has 1 saturated heterocycles. The number of aliphatic hydroxyl groups excluding tert-OH is 1. The molecule has 1 aromatic carbocycles. The normalized spacial score (nSPS) is 22.8. The number of carbonyl (C=O) groups is 2. The molecule has 2 aliphatic heterocycles. The van der Waals surface area contributed by atoms with Crippen LogP contribution in [0.4, 0.5) is 4.79 Å². The Morgan fingerprint density at radius 1 is 1.22 bits per heavy atom. The van der Waals surface area contributed by atoms with Crippen molar-refractivity contribution in [3.05, 3.63) is 23.3 Å². The van der Waals surface area contributed by atoms with Gasteiger partial charge in [0.1, 0.15) is 17.5 Å². The highest BCUT2D eigenvalue weighted by Crippen LogP contribution is 2.39. The number of fused-ring (bicyclic) bond motifs is 1. The number of carbonyl (C=O) groups excluding carboxylic acids is 2. The molecule has 27 heavy (non-hydrogen) atoms. The van der Waals surface area contributed by atoms with Crippen LogP contribution in [0.15, 0.2) is 12.1 Å². The molecular weight excluding hydrogens is 350 g/mol. The minimum Gasteiger partial charge on any atom is -0.496 e. The van der Waals surface area contributed by atoms with Gasteiger partial charge in [0.2, 0.25) is 0 Å². The minimum absolute atomic E-state index is 0.121. The fourth-order valence-electron chi connectivity index (χ4n) is 3.79. The zero-order chi connectivity index (χ0) is 19.7. The molecule has 0 aliphatic carbocycles. The number of hydrogen-bond acceptors (Lipinski definition) is 6. The maximum absolute atomic E-state index is 12.6. The molecule has 2 heterocycles. The van der Waals surface area contributed by atoms with E-state index in [0.29, 0.717) is 42.5 Å². The molecule has 2 atom stereocenters. The lowest BCUT2D eigenvalue weighted by Gasteiger charge is -2.35. The Balaban J connectivity index is 1.79. The first-order valence-corrected chi connectivity index (χ1v) is 9.11. The van der Waals surface area contributed by atoms with Crippen molar-refractivity contribution in [3.8, 4) is 11.5 Å². The molecule has 0 aromatic heterocycles. The third-order valence-corrected chi connectivity index (χ3v) is 5.02. The SMILES string of the molecule is COc1ccc(OC)c2c1CN(CN1C(=O)N[C@@H](CC(C)C)C1=O)C[C@@H]2O. The van der Waals surface area contributed by atoms with Gasteiger partial charge in [-0.25, -0.2) is 9.69 Å². The van der Waals surface area contributed by atoms with Crippen LogP contribution < -0.4 is 14.8 Å². The maximum atomic E-state index is 12.6. The van der Waals surface area contributed by atoms with Crippen LogP contribution in [-0.2, 0) is 11.3 Å². The monoisotopic (exact) mass is 377 g/mol. The number of methoxy groups -OCH3 is 2. The molecule has 0 spiro atoms. The van der Waals surface area contributed by atoms with Crippen molar-refractivity contribution < 1.29 is 24.2 Å². The van der Waals surface area contributed by atoms with Crippen molar-refractivity contribution in [3.63, 3.8) is 0 Å². The van der Waals surface area contributed by atoms with E-state index in [1.807, 2.05) is 18.7 Å². The highest BCUT2D eigenvalue weighted by atomic mass is 16.5. The van der Waals surface area contributed by atoms with Crippen molar-refractivity contribution >= 4 is 11.9 Å². The summed E-state index contributed by atoms with van der Waals surface area (Å²) in [5, 5.41) is 13.4. The van der Waals surface area contributed by atoms with Gasteiger partial charge in [-0.2, -0.15) is 0 Å². The topological polar surface area (TPSA) is 91.3 Å². The third kappa shape index (κ3) is 3.72. The number of benzene rings is 1. The van der Waals surface area contributed by atoms with Gasteiger partial charge in [0.15, 0.2) is 0 Å². The summed E-state index contributed by atoms with van der Waals surface area (Å²) in [5.41, 5.74) is 1.50. The number of β-amino-alcohol motifs (C(OH)–C–C–N with tert-alkyl or cyclic N) is 1. The van der Waals surface area contributed by atoms with Gasteiger partial charge in [0.25, 0.3) is 5.91 Å². The van der Waals surface area contributed by atoms with Crippen molar-refractivity contribution in [1.29, 1.82) is 0 Å². The zero-order valence-corrected chi connectivity index (χ0v) is 16.2. The summed E-state index contributed by atoms with van der Waals surface area (Å²) in [4.78, 5) is 27.9. The van der Waals surface area contributed by atoms with E-state index in [1.54, 1.807) is 26.4 Å². The van der Waals surface area contributed by atoms with Crippen LogP contribution in [-0.4, -0.2) is 60.3 Å². The number of aliphatic hydroxyl groups is 1. The van der Waals surface area contributed by atoms with Crippen molar-refractivity contribution in [2.75, 3.05) is 27.4 Å². The molecule has 0 radical (unpaired) electrons. The summed E-state index contributed by atoms with van der Waals surface area (Å²) in [6, 6.07) is 2.70. The molecule has 1 aromatic rings. The average molecular weight is 377 g/mol. The van der Waals surface area contributed by atoms with Crippen LogP contribution in [0.2, 0.25) is 0 Å². The Morgan fingerprint density at radius 3 is 2.52 bits per heavy atom. The summed E-state index contributed by atoms with van der Waals surface area (Å²) in [6.07, 6.45) is -0.191. The van der Waals surface area contributed by atoms with E-state index < -0.39 is 12.1 Å². The van der Waals surface area contributed by atoms with Gasteiger partial charge in [-0.3, -0.25) is 9.69 Å². The molecule has 8 nitrogen and oxygen atoms in total. The summed E-state index contributed by atoms with van der Waals surface area (Å²) >= 11 is 0. The zero-order valence-electron chi connectivity index (χ0n) is 16.2. The highest BCUT2D eigenvalue weighted by molar-refractivity contribution is 6.04. The van der Waals surface area contributed by atoms with E-state index in [9.17, 15) is 14.7 Å². The van der Waals surface area contributed by atoms with E-state index in [0.717, 1.165) is 5.56 Å². The van der Waals surface area contributed by atoms with E-state index in [1.165, 1.54) is 4.90 Å². The highest BCUT2D eigenvalue weighted by Gasteiger charge is 2.40. The van der Waals surface area contributed by atoms with Crippen molar-refractivity contribution in [2.24, 2.45) is 5.92 Å². The number of amides is 3. The number of nitrogens with zero attached hydrogens (tertiary/aromatic N) is 2. The lowest BCUT2D eigenvalue weighted by Crippen LogP contribution is -2.45. The molecule has 0 bridgehead atoms. The van der Waals surface area contributed by atoms with Gasteiger partial charge in [-0.05, 0) is 24.5 Å². The molecule has 3 rings (SSSR count). The Hall–Kier alpha value is -2.32. The van der Waals surface area contributed by atoms with Crippen molar-refractivity contribution in [1.82, 2.24) is 15.1 Å². The number of hydrogen-bond donors (Lipinski definition) is 2. The molecule has 3 amide bonds. The van der Waals surface area contributed by atoms with Gasteiger partial charge in [0, 0.05) is 24.2 Å². The van der Waals surface area contributed by atoms with Gasteiger partial charge < -0.3 is 19.9 Å². The van der Waals surface area contributed by atoms with Gasteiger partial charge in [-0.1, -0.05) is 13.8 Å². The van der Waals surface area contributed by atoms with Gasteiger partial charge in [-0.15, -0.1) is 0 Å². The van der Waals surface area contributed by atoms with Gasteiger partial charge >= 0.3 is 6.03 Å². The fraction of sp³-hybridized carbons (Fsp3) is 0.579. The quantitative estimate of drug-likeness (QED) is 0.730. The molecular formula is C19H27N3O5. The second-order valence-corrected chi connectivity index (χ2v) is 7.43. The number of imide groups is 1. The standard InChI is InChI=1S/C19H27N3O5/c1-11(2)7-13-18(24)22(19(25)20-13)10-21-8-12-15(26-3)5-6-16(27-4)17(12)14(23)9-21/h5-6,11,13-14,23H,7-10H2,1-4H3,(H,20,25)/t13-,14-/m0/s1. The van der Waals surface area contributed by atoms with Crippen LogP contribution in [0.3, 0.4) is 0 Å². The third-order valence-electron chi connectivity index (χ3n) is 5.02. The first kappa shape index (κ1) is 19.4. The Kier molecular flexibility index (Phi) is 5.57. The van der Waals surface area contributed by atoms with E-state index in [4.69, 9.17) is 9.47 Å². The molecule has 1 fully saturated rings. The summed E-state index contributed by atoms with van der Waals surface area (Å²) < 4.78 is 10.8. The lowest BCUT2D eigenvalue weighted by molar-refractivity contribution is -0.129. The molecule has 8 heteroatoms. The number of urea groups is 1. The summed E-state index contributed by atoms with van der Waals surface area (Å²) in [7, 11) is 3.13. The molecule has 0 unspecified atom stereocenters. The molecule has 148 valence electrons. The Labute approximate surface area is 159 Å².